The SMILES string of the molecule is COC1=C[C@@H]2[C@H]([C@@H]3CCC=C[C@H]13)[C@]2(CSC)OC. The first-order valence-electron chi connectivity index (χ1n) is 6.75. The number of fused-ring (bicyclic) bond motifs is 3. The van der Waals surface area contributed by atoms with Crippen LogP contribution < -0.4 is 0 Å². The van der Waals surface area contributed by atoms with Gasteiger partial charge in [-0.15, -0.1) is 0 Å². The summed E-state index contributed by atoms with van der Waals surface area (Å²) in [5.74, 6) is 4.73. The molecule has 3 rings (SSSR count). The molecular weight excluding hydrogens is 244 g/mol. The fourth-order valence-corrected chi connectivity index (χ4v) is 5.11. The van der Waals surface area contributed by atoms with Crippen LogP contribution >= 0.6 is 11.8 Å². The van der Waals surface area contributed by atoms with Gasteiger partial charge in [0, 0.05) is 30.6 Å². The van der Waals surface area contributed by atoms with Gasteiger partial charge in [0.25, 0.3) is 0 Å². The van der Waals surface area contributed by atoms with Crippen LogP contribution in [0.1, 0.15) is 12.8 Å². The second kappa shape index (κ2) is 4.61. The van der Waals surface area contributed by atoms with E-state index in [0.29, 0.717) is 23.7 Å². The average Bonchev–Trinajstić information content (AvgIpc) is 3.06. The van der Waals surface area contributed by atoms with Gasteiger partial charge in [-0.3, -0.25) is 0 Å². The molecule has 0 N–H and O–H groups in total. The molecule has 0 spiro atoms. The maximum atomic E-state index is 5.93. The van der Waals surface area contributed by atoms with E-state index in [1.807, 2.05) is 18.9 Å². The van der Waals surface area contributed by atoms with Gasteiger partial charge in [0.1, 0.15) is 0 Å². The van der Waals surface area contributed by atoms with E-state index in [1.165, 1.54) is 12.8 Å². The minimum atomic E-state index is 0.0772. The molecule has 0 heterocycles. The molecule has 0 aromatic rings. The maximum Gasteiger partial charge on any atom is 0.0991 e. The molecule has 0 radical (unpaired) electrons. The molecule has 1 fully saturated rings. The number of allylic oxidation sites excluding steroid dienone is 2. The lowest BCUT2D eigenvalue weighted by atomic mass is 9.76. The van der Waals surface area contributed by atoms with E-state index >= 15 is 0 Å². The molecule has 5 atom stereocenters. The van der Waals surface area contributed by atoms with Crippen LogP contribution in [0.2, 0.25) is 0 Å². The predicted octanol–water partition coefficient (Wildman–Crippen LogP) is 3.11. The second-order valence-electron chi connectivity index (χ2n) is 5.61. The quantitative estimate of drug-likeness (QED) is 0.728. The van der Waals surface area contributed by atoms with Crippen LogP contribution in [0.3, 0.4) is 0 Å². The number of rotatable bonds is 4. The molecule has 0 aromatic heterocycles. The summed E-state index contributed by atoms with van der Waals surface area (Å²) in [6, 6.07) is 0. The van der Waals surface area contributed by atoms with Crippen molar-refractivity contribution >= 4 is 11.8 Å². The number of methoxy groups -OCH3 is 2. The van der Waals surface area contributed by atoms with Crippen molar-refractivity contribution in [2.75, 3.05) is 26.2 Å². The molecule has 0 aliphatic heterocycles. The zero-order valence-corrected chi connectivity index (χ0v) is 12.2. The van der Waals surface area contributed by atoms with E-state index in [2.05, 4.69) is 24.5 Å². The van der Waals surface area contributed by atoms with Crippen molar-refractivity contribution in [3.8, 4) is 0 Å². The lowest BCUT2D eigenvalue weighted by Gasteiger charge is -2.32. The van der Waals surface area contributed by atoms with E-state index in [4.69, 9.17) is 9.47 Å². The molecule has 100 valence electrons. The van der Waals surface area contributed by atoms with Gasteiger partial charge in [-0.25, -0.2) is 0 Å². The Morgan fingerprint density at radius 1 is 1.44 bits per heavy atom. The molecule has 2 nitrogen and oxygen atoms in total. The molecule has 0 aromatic carbocycles. The minimum absolute atomic E-state index is 0.0772. The molecule has 18 heavy (non-hydrogen) atoms. The summed E-state index contributed by atoms with van der Waals surface area (Å²) in [5, 5.41) is 0. The summed E-state index contributed by atoms with van der Waals surface area (Å²) in [5.41, 5.74) is 0.0772. The summed E-state index contributed by atoms with van der Waals surface area (Å²) in [7, 11) is 3.68. The van der Waals surface area contributed by atoms with Crippen LogP contribution in [0.15, 0.2) is 24.0 Å². The Morgan fingerprint density at radius 2 is 2.28 bits per heavy atom. The van der Waals surface area contributed by atoms with Crippen molar-refractivity contribution in [3.05, 3.63) is 24.0 Å². The minimum Gasteiger partial charge on any atom is -0.501 e. The first-order chi connectivity index (χ1) is 8.78. The van der Waals surface area contributed by atoms with Crippen molar-refractivity contribution in [1.82, 2.24) is 0 Å². The first-order valence-corrected chi connectivity index (χ1v) is 8.14. The summed E-state index contributed by atoms with van der Waals surface area (Å²) < 4.78 is 11.6. The highest BCUT2D eigenvalue weighted by atomic mass is 32.2. The standard InChI is InChI=1S/C15H22O2S/c1-16-13-8-12-14(15(12,17-2)9-18-3)11-7-5-4-6-10(11)13/h4,6,8,10-12,14H,5,7,9H2,1-3H3/t10-,11+,12+,14-,15+/m0/s1. The topological polar surface area (TPSA) is 18.5 Å². The molecule has 3 heteroatoms. The second-order valence-corrected chi connectivity index (χ2v) is 6.48. The lowest BCUT2D eigenvalue weighted by Crippen LogP contribution is -2.28. The van der Waals surface area contributed by atoms with Gasteiger partial charge in [-0.1, -0.05) is 12.2 Å². The van der Waals surface area contributed by atoms with Crippen LogP contribution in [0.4, 0.5) is 0 Å². The van der Waals surface area contributed by atoms with E-state index < -0.39 is 0 Å². The van der Waals surface area contributed by atoms with Crippen LogP contribution in [0, 0.1) is 23.7 Å². The lowest BCUT2D eigenvalue weighted by molar-refractivity contribution is 0.0665. The molecule has 1 saturated carbocycles. The van der Waals surface area contributed by atoms with Crippen molar-refractivity contribution in [2.45, 2.75) is 18.4 Å². The van der Waals surface area contributed by atoms with Gasteiger partial charge in [-0.2, -0.15) is 11.8 Å². The third-order valence-corrected chi connectivity index (χ3v) is 5.74. The molecule has 0 saturated heterocycles. The molecule has 3 aliphatic rings. The Balaban J connectivity index is 1.93. The largest absolute Gasteiger partial charge is 0.501 e. The molecular formula is C15H22O2S. The van der Waals surface area contributed by atoms with Gasteiger partial charge in [0.05, 0.1) is 18.5 Å². The Kier molecular flexibility index (Phi) is 3.23. The predicted molar refractivity (Wildman–Crippen MR) is 75.5 cm³/mol. The van der Waals surface area contributed by atoms with Gasteiger partial charge in [0.15, 0.2) is 0 Å². The van der Waals surface area contributed by atoms with Crippen LogP contribution in [-0.4, -0.2) is 31.8 Å². The molecule has 3 aliphatic carbocycles. The highest BCUT2D eigenvalue weighted by Gasteiger charge is 2.69. The number of hydrogen-bond donors (Lipinski definition) is 0. The van der Waals surface area contributed by atoms with Gasteiger partial charge in [0.2, 0.25) is 0 Å². The van der Waals surface area contributed by atoms with Crippen LogP contribution in [0.5, 0.6) is 0 Å². The summed E-state index contributed by atoms with van der Waals surface area (Å²) in [6.07, 6.45) is 11.6. The van der Waals surface area contributed by atoms with Gasteiger partial charge in [-0.05, 0) is 31.1 Å². The van der Waals surface area contributed by atoms with Crippen molar-refractivity contribution in [3.63, 3.8) is 0 Å². The monoisotopic (exact) mass is 266 g/mol. The van der Waals surface area contributed by atoms with Crippen molar-refractivity contribution in [2.24, 2.45) is 23.7 Å². The summed E-state index contributed by atoms with van der Waals surface area (Å²) in [4.78, 5) is 0. The molecule has 0 unspecified atom stereocenters. The summed E-state index contributed by atoms with van der Waals surface area (Å²) in [6.45, 7) is 0. The molecule has 0 amide bonds. The highest BCUT2D eigenvalue weighted by molar-refractivity contribution is 7.98. The average molecular weight is 266 g/mol. The number of hydrogen-bond acceptors (Lipinski definition) is 3. The zero-order valence-electron chi connectivity index (χ0n) is 11.4. The first kappa shape index (κ1) is 12.6. The van der Waals surface area contributed by atoms with E-state index in [1.54, 1.807) is 7.11 Å². The maximum absolute atomic E-state index is 5.93. The fraction of sp³-hybridized carbons (Fsp3) is 0.733. The van der Waals surface area contributed by atoms with E-state index in [9.17, 15) is 0 Å². The molecule has 0 bridgehead atoms. The Morgan fingerprint density at radius 3 is 2.94 bits per heavy atom. The Labute approximate surface area is 114 Å². The zero-order chi connectivity index (χ0) is 12.8. The Hall–Kier alpha value is -0.410. The highest BCUT2D eigenvalue weighted by Crippen LogP contribution is 2.65. The van der Waals surface area contributed by atoms with Crippen molar-refractivity contribution < 1.29 is 9.47 Å². The van der Waals surface area contributed by atoms with Crippen molar-refractivity contribution in [1.29, 1.82) is 0 Å². The normalized spacial score (nSPS) is 44.9. The summed E-state index contributed by atoms with van der Waals surface area (Å²) >= 11 is 1.90. The van der Waals surface area contributed by atoms with Crippen LogP contribution in [0.25, 0.3) is 0 Å². The Bertz CT molecular complexity index is 390. The number of thioether (sulfide) groups is 1. The third kappa shape index (κ3) is 1.60. The van der Waals surface area contributed by atoms with E-state index in [0.717, 1.165) is 11.5 Å². The number of ether oxygens (including phenoxy) is 2. The van der Waals surface area contributed by atoms with E-state index in [-0.39, 0.29) is 5.60 Å². The fourth-order valence-electron chi connectivity index (χ4n) is 4.15. The third-order valence-electron chi connectivity index (χ3n) is 5.00. The smallest absolute Gasteiger partial charge is 0.0991 e. The van der Waals surface area contributed by atoms with Gasteiger partial charge >= 0.3 is 0 Å². The van der Waals surface area contributed by atoms with Gasteiger partial charge < -0.3 is 9.47 Å². The van der Waals surface area contributed by atoms with Crippen LogP contribution in [-0.2, 0) is 9.47 Å².